The number of carbonyl (C=O) groups is 2. The average molecular weight is 405 g/mol. The van der Waals surface area contributed by atoms with Crippen LogP contribution in [0.4, 0.5) is 5.13 Å². The van der Waals surface area contributed by atoms with E-state index >= 15 is 0 Å². The van der Waals surface area contributed by atoms with Crippen molar-refractivity contribution in [1.82, 2.24) is 15.5 Å². The van der Waals surface area contributed by atoms with E-state index in [0.29, 0.717) is 10.1 Å². The summed E-state index contributed by atoms with van der Waals surface area (Å²) in [5.41, 5.74) is 0.891. The monoisotopic (exact) mass is 404 g/mol. The van der Waals surface area contributed by atoms with Crippen molar-refractivity contribution in [2.75, 3.05) is 12.4 Å². The Hall–Kier alpha value is -2.48. The fourth-order valence-electron chi connectivity index (χ4n) is 2.71. The SMILES string of the molecule is CCCC[C@@H](CC)C(=O)N[C@@H](C)C(=O)Nc1nnc(-c2ccc(OC)cc2)s1. The van der Waals surface area contributed by atoms with Crippen LogP contribution >= 0.6 is 11.3 Å². The number of aromatic nitrogens is 2. The third kappa shape index (κ3) is 6.02. The molecule has 0 aliphatic rings. The van der Waals surface area contributed by atoms with Crippen molar-refractivity contribution in [2.45, 2.75) is 52.5 Å². The largest absolute Gasteiger partial charge is 0.497 e. The van der Waals surface area contributed by atoms with Crippen molar-refractivity contribution in [3.63, 3.8) is 0 Å². The van der Waals surface area contributed by atoms with Crippen molar-refractivity contribution < 1.29 is 14.3 Å². The Morgan fingerprint density at radius 2 is 1.86 bits per heavy atom. The molecule has 28 heavy (non-hydrogen) atoms. The molecule has 2 atom stereocenters. The zero-order valence-corrected chi connectivity index (χ0v) is 17.6. The number of hydrogen-bond donors (Lipinski definition) is 2. The van der Waals surface area contributed by atoms with E-state index in [4.69, 9.17) is 4.74 Å². The van der Waals surface area contributed by atoms with Crippen LogP contribution in [0.15, 0.2) is 24.3 Å². The Morgan fingerprint density at radius 3 is 2.46 bits per heavy atom. The van der Waals surface area contributed by atoms with E-state index in [1.54, 1.807) is 14.0 Å². The molecule has 0 saturated carbocycles. The normalized spacial score (nSPS) is 12.9. The number of amides is 2. The highest BCUT2D eigenvalue weighted by molar-refractivity contribution is 7.18. The molecular formula is C20H28N4O3S. The molecule has 2 N–H and O–H groups in total. The van der Waals surface area contributed by atoms with Gasteiger partial charge in [0.15, 0.2) is 0 Å². The highest BCUT2D eigenvalue weighted by Gasteiger charge is 2.22. The van der Waals surface area contributed by atoms with Crippen LogP contribution in [0.3, 0.4) is 0 Å². The number of hydrogen-bond acceptors (Lipinski definition) is 6. The van der Waals surface area contributed by atoms with Gasteiger partial charge >= 0.3 is 0 Å². The molecule has 0 aliphatic heterocycles. The van der Waals surface area contributed by atoms with Crippen LogP contribution in [-0.4, -0.2) is 35.2 Å². The second-order valence-electron chi connectivity index (χ2n) is 6.61. The number of nitrogens with zero attached hydrogens (tertiary/aromatic N) is 2. The first-order chi connectivity index (χ1) is 13.5. The third-order valence-corrected chi connectivity index (χ3v) is 5.40. The highest BCUT2D eigenvalue weighted by Crippen LogP contribution is 2.27. The van der Waals surface area contributed by atoms with E-state index in [1.807, 2.05) is 31.2 Å². The summed E-state index contributed by atoms with van der Waals surface area (Å²) in [5.74, 6) is 0.319. The van der Waals surface area contributed by atoms with Crippen molar-refractivity contribution in [1.29, 1.82) is 0 Å². The maximum atomic E-state index is 12.4. The lowest BCUT2D eigenvalue weighted by atomic mass is 9.98. The molecular weight excluding hydrogens is 376 g/mol. The number of unbranched alkanes of at least 4 members (excludes halogenated alkanes) is 1. The van der Waals surface area contributed by atoms with Crippen LogP contribution < -0.4 is 15.4 Å². The van der Waals surface area contributed by atoms with Gasteiger partial charge in [-0.05, 0) is 44.0 Å². The molecule has 2 rings (SSSR count). The van der Waals surface area contributed by atoms with Crippen LogP contribution in [0.1, 0.15) is 46.5 Å². The first kappa shape index (κ1) is 21.8. The lowest BCUT2D eigenvalue weighted by molar-refractivity contribution is -0.129. The van der Waals surface area contributed by atoms with Crippen molar-refractivity contribution >= 4 is 28.3 Å². The molecule has 2 amide bonds. The quantitative estimate of drug-likeness (QED) is 0.627. The minimum atomic E-state index is -0.642. The van der Waals surface area contributed by atoms with Gasteiger partial charge in [0.25, 0.3) is 0 Å². The van der Waals surface area contributed by atoms with Gasteiger partial charge < -0.3 is 10.1 Å². The minimum absolute atomic E-state index is 0.0570. The second-order valence-corrected chi connectivity index (χ2v) is 7.59. The number of carbonyl (C=O) groups excluding carboxylic acids is 2. The Balaban J connectivity index is 1.93. The van der Waals surface area contributed by atoms with Gasteiger partial charge in [0.2, 0.25) is 16.9 Å². The molecule has 152 valence electrons. The molecule has 8 heteroatoms. The number of benzene rings is 1. The van der Waals surface area contributed by atoms with E-state index in [9.17, 15) is 9.59 Å². The van der Waals surface area contributed by atoms with E-state index < -0.39 is 6.04 Å². The molecule has 7 nitrogen and oxygen atoms in total. The number of anilines is 1. The smallest absolute Gasteiger partial charge is 0.248 e. The molecule has 0 bridgehead atoms. The molecule has 1 aromatic carbocycles. The predicted molar refractivity (Wildman–Crippen MR) is 111 cm³/mol. The molecule has 1 heterocycles. The van der Waals surface area contributed by atoms with Gasteiger partial charge in [0.05, 0.1) is 7.11 Å². The average Bonchev–Trinajstić information content (AvgIpc) is 3.17. The van der Waals surface area contributed by atoms with E-state index in [-0.39, 0.29) is 17.7 Å². The third-order valence-electron chi connectivity index (χ3n) is 4.51. The topological polar surface area (TPSA) is 93.2 Å². The zero-order valence-electron chi connectivity index (χ0n) is 16.8. The summed E-state index contributed by atoms with van der Waals surface area (Å²) in [4.78, 5) is 24.8. The standard InChI is InChI=1S/C20H28N4O3S/c1-5-7-8-14(6-2)18(26)21-13(3)17(25)22-20-24-23-19(28-20)15-9-11-16(27-4)12-10-15/h9-14H,5-8H2,1-4H3,(H,21,26)(H,22,24,25)/t13-,14+/m0/s1. The Bertz CT molecular complexity index is 776. The molecule has 0 spiro atoms. The van der Waals surface area contributed by atoms with Gasteiger partial charge in [-0.15, -0.1) is 10.2 Å². The first-order valence-corrected chi connectivity index (χ1v) is 10.4. The summed E-state index contributed by atoms with van der Waals surface area (Å²) in [5, 5.41) is 14.8. The van der Waals surface area contributed by atoms with Crippen molar-refractivity contribution in [3.05, 3.63) is 24.3 Å². The lowest BCUT2D eigenvalue weighted by Crippen LogP contribution is -2.44. The van der Waals surface area contributed by atoms with Crippen LogP contribution in [-0.2, 0) is 9.59 Å². The minimum Gasteiger partial charge on any atom is -0.497 e. The number of methoxy groups -OCH3 is 1. The number of ether oxygens (including phenoxy) is 1. The lowest BCUT2D eigenvalue weighted by Gasteiger charge is -2.18. The molecule has 0 fully saturated rings. The van der Waals surface area contributed by atoms with Gasteiger partial charge in [-0.25, -0.2) is 0 Å². The van der Waals surface area contributed by atoms with Crippen molar-refractivity contribution in [2.24, 2.45) is 5.92 Å². The fraction of sp³-hybridized carbons (Fsp3) is 0.500. The summed E-state index contributed by atoms with van der Waals surface area (Å²) in [7, 11) is 1.61. The zero-order chi connectivity index (χ0) is 20.5. The molecule has 2 aromatic rings. The summed E-state index contributed by atoms with van der Waals surface area (Å²) in [6.45, 7) is 5.76. The number of rotatable bonds is 10. The Kier molecular flexibility index (Phi) is 8.38. The highest BCUT2D eigenvalue weighted by atomic mass is 32.1. The molecule has 1 aromatic heterocycles. The van der Waals surface area contributed by atoms with Crippen LogP contribution in [0, 0.1) is 5.92 Å². The molecule has 0 radical (unpaired) electrons. The molecule has 0 aliphatic carbocycles. The summed E-state index contributed by atoms with van der Waals surface area (Å²) < 4.78 is 5.14. The first-order valence-electron chi connectivity index (χ1n) is 9.57. The Labute approximate surface area is 169 Å². The van der Waals surface area contributed by atoms with Gasteiger partial charge in [-0.1, -0.05) is 38.0 Å². The second kappa shape index (κ2) is 10.8. The van der Waals surface area contributed by atoms with Gasteiger partial charge in [0.1, 0.15) is 16.8 Å². The Morgan fingerprint density at radius 1 is 1.14 bits per heavy atom. The summed E-state index contributed by atoms with van der Waals surface area (Å²) in [6, 6.07) is 6.81. The summed E-state index contributed by atoms with van der Waals surface area (Å²) >= 11 is 1.28. The van der Waals surface area contributed by atoms with Gasteiger partial charge in [-0.3, -0.25) is 14.9 Å². The predicted octanol–water partition coefficient (Wildman–Crippen LogP) is 3.87. The maximum Gasteiger partial charge on any atom is 0.248 e. The van der Waals surface area contributed by atoms with E-state index in [2.05, 4.69) is 27.8 Å². The number of nitrogens with one attached hydrogen (secondary N) is 2. The summed E-state index contributed by atoms with van der Waals surface area (Å²) in [6.07, 6.45) is 3.66. The molecule has 0 saturated heterocycles. The van der Waals surface area contributed by atoms with Crippen LogP contribution in [0.25, 0.3) is 10.6 Å². The van der Waals surface area contributed by atoms with Gasteiger partial charge in [0, 0.05) is 11.5 Å². The van der Waals surface area contributed by atoms with Gasteiger partial charge in [-0.2, -0.15) is 0 Å². The van der Waals surface area contributed by atoms with E-state index in [0.717, 1.165) is 37.0 Å². The fourth-order valence-corrected chi connectivity index (χ4v) is 3.46. The van der Waals surface area contributed by atoms with E-state index in [1.165, 1.54) is 11.3 Å². The van der Waals surface area contributed by atoms with Crippen molar-refractivity contribution in [3.8, 4) is 16.3 Å². The van der Waals surface area contributed by atoms with Crippen LogP contribution in [0.2, 0.25) is 0 Å². The van der Waals surface area contributed by atoms with Crippen LogP contribution in [0.5, 0.6) is 5.75 Å². The molecule has 0 unspecified atom stereocenters. The maximum absolute atomic E-state index is 12.4.